The molecule has 5 nitrogen and oxygen atoms in total. The predicted octanol–water partition coefficient (Wildman–Crippen LogP) is 4.81. The zero-order valence-corrected chi connectivity index (χ0v) is 15.1. The SMILES string of the molecule is C=Cc1ncc(OCCOc2ccccc2C(F)(F)F)c(NCCCC)n1. The second-order valence-electron chi connectivity index (χ2n) is 5.62. The molecule has 0 fully saturated rings. The average molecular weight is 381 g/mol. The molecule has 0 radical (unpaired) electrons. The molecule has 0 aliphatic carbocycles. The second kappa shape index (κ2) is 9.80. The van der Waals surface area contributed by atoms with E-state index >= 15 is 0 Å². The van der Waals surface area contributed by atoms with Crippen LogP contribution in [0.3, 0.4) is 0 Å². The van der Waals surface area contributed by atoms with Gasteiger partial charge >= 0.3 is 6.18 Å². The first-order valence-corrected chi connectivity index (χ1v) is 8.61. The van der Waals surface area contributed by atoms with Gasteiger partial charge in [0.15, 0.2) is 17.4 Å². The molecular weight excluding hydrogens is 359 g/mol. The number of unbranched alkanes of at least 4 members (excludes halogenated alkanes) is 1. The molecule has 1 aromatic carbocycles. The number of anilines is 1. The molecule has 27 heavy (non-hydrogen) atoms. The zero-order chi connectivity index (χ0) is 19.7. The number of nitrogens with zero attached hydrogens (tertiary/aromatic N) is 2. The Balaban J connectivity index is 1.96. The minimum Gasteiger partial charge on any atom is -0.489 e. The number of hydrogen-bond acceptors (Lipinski definition) is 5. The first kappa shape index (κ1) is 20.5. The highest BCUT2D eigenvalue weighted by atomic mass is 19.4. The van der Waals surface area contributed by atoms with Gasteiger partial charge in [0.1, 0.15) is 19.0 Å². The molecule has 2 rings (SSSR count). The molecule has 0 spiro atoms. The van der Waals surface area contributed by atoms with E-state index in [0.29, 0.717) is 17.4 Å². The molecule has 0 atom stereocenters. The van der Waals surface area contributed by atoms with Crippen LogP contribution in [0.15, 0.2) is 37.0 Å². The highest BCUT2D eigenvalue weighted by molar-refractivity contribution is 5.52. The van der Waals surface area contributed by atoms with Crippen molar-refractivity contribution >= 4 is 11.9 Å². The summed E-state index contributed by atoms with van der Waals surface area (Å²) in [5.41, 5.74) is -0.814. The fourth-order valence-corrected chi connectivity index (χ4v) is 2.23. The summed E-state index contributed by atoms with van der Waals surface area (Å²) in [6, 6.07) is 5.07. The molecule has 0 aliphatic rings. The van der Waals surface area contributed by atoms with Gasteiger partial charge in [-0.2, -0.15) is 13.2 Å². The molecule has 1 aromatic heterocycles. The number of hydrogen-bond donors (Lipinski definition) is 1. The summed E-state index contributed by atoms with van der Waals surface area (Å²) in [5, 5.41) is 3.16. The molecule has 2 aromatic rings. The first-order chi connectivity index (χ1) is 13.0. The number of alkyl halides is 3. The fourth-order valence-electron chi connectivity index (χ4n) is 2.23. The smallest absolute Gasteiger partial charge is 0.419 e. The molecule has 0 saturated carbocycles. The number of aromatic nitrogens is 2. The molecular formula is C19H22F3N3O2. The van der Waals surface area contributed by atoms with Gasteiger partial charge < -0.3 is 14.8 Å². The standard InChI is InChI=1S/C19H22F3N3O2/c1-3-5-10-23-18-16(13-24-17(4-2)25-18)27-12-11-26-15-9-7-6-8-14(15)19(20,21)22/h4,6-9,13H,2-3,5,10-12H2,1H3,(H,23,24,25). The quantitative estimate of drug-likeness (QED) is 0.599. The molecule has 146 valence electrons. The van der Waals surface area contributed by atoms with Crippen molar-refractivity contribution in [1.82, 2.24) is 9.97 Å². The summed E-state index contributed by atoms with van der Waals surface area (Å²) in [6.07, 6.45) is 0.537. The van der Waals surface area contributed by atoms with E-state index in [-0.39, 0.29) is 19.0 Å². The zero-order valence-electron chi connectivity index (χ0n) is 15.1. The van der Waals surface area contributed by atoms with Crippen LogP contribution in [-0.4, -0.2) is 29.7 Å². The van der Waals surface area contributed by atoms with E-state index in [4.69, 9.17) is 9.47 Å². The molecule has 0 bridgehead atoms. The molecule has 0 unspecified atom stereocenters. The van der Waals surface area contributed by atoms with Crippen molar-refractivity contribution in [3.8, 4) is 11.5 Å². The fraction of sp³-hybridized carbons (Fsp3) is 0.368. The van der Waals surface area contributed by atoms with E-state index < -0.39 is 11.7 Å². The van der Waals surface area contributed by atoms with Crippen LogP contribution in [0, 0.1) is 0 Å². The Bertz CT molecular complexity index is 751. The van der Waals surface area contributed by atoms with Gasteiger partial charge in [-0.1, -0.05) is 32.1 Å². The minimum absolute atomic E-state index is 0.0471. The Kier molecular flexibility index (Phi) is 7.45. The maximum atomic E-state index is 13.0. The summed E-state index contributed by atoms with van der Waals surface area (Å²) in [4.78, 5) is 8.38. The number of nitrogens with one attached hydrogen (secondary N) is 1. The van der Waals surface area contributed by atoms with Gasteiger partial charge in [0.05, 0.1) is 11.8 Å². The topological polar surface area (TPSA) is 56.3 Å². The third-order valence-electron chi connectivity index (χ3n) is 3.57. The lowest BCUT2D eigenvalue weighted by atomic mass is 10.2. The Hall–Kier alpha value is -2.77. The molecule has 1 N–H and O–H groups in total. The lowest BCUT2D eigenvalue weighted by Gasteiger charge is -2.15. The summed E-state index contributed by atoms with van der Waals surface area (Å²) in [6.45, 7) is 6.42. The summed E-state index contributed by atoms with van der Waals surface area (Å²) < 4.78 is 49.7. The van der Waals surface area contributed by atoms with Gasteiger partial charge in [-0.25, -0.2) is 9.97 Å². The van der Waals surface area contributed by atoms with Gasteiger partial charge in [0.2, 0.25) is 0 Å². The van der Waals surface area contributed by atoms with E-state index in [0.717, 1.165) is 25.5 Å². The summed E-state index contributed by atoms with van der Waals surface area (Å²) in [5.74, 6) is 1.15. The van der Waals surface area contributed by atoms with E-state index in [9.17, 15) is 13.2 Å². The van der Waals surface area contributed by atoms with Crippen LogP contribution in [0.2, 0.25) is 0 Å². The monoisotopic (exact) mass is 381 g/mol. The number of halogens is 3. The molecule has 0 saturated heterocycles. The van der Waals surface area contributed by atoms with Crippen LogP contribution in [0.4, 0.5) is 19.0 Å². The van der Waals surface area contributed by atoms with Crippen molar-refractivity contribution in [2.45, 2.75) is 25.9 Å². The van der Waals surface area contributed by atoms with Crippen LogP contribution in [0.5, 0.6) is 11.5 Å². The van der Waals surface area contributed by atoms with Crippen molar-refractivity contribution in [2.24, 2.45) is 0 Å². The van der Waals surface area contributed by atoms with Gasteiger partial charge in [-0.3, -0.25) is 0 Å². The van der Waals surface area contributed by atoms with Crippen molar-refractivity contribution in [3.63, 3.8) is 0 Å². The predicted molar refractivity (Wildman–Crippen MR) is 98.0 cm³/mol. The largest absolute Gasteiger partial charge is 0.489 e. The summed E-state index contributed by atoms with van der Waals surface area (Å²) in [7, 11) is 0. The highest BCUT2D eigenvalue weighted by Gasteiger charge is 2.33. The van der Waals surface area contributed by atoms with E-state index in [2.05, 4.69) is 28.8 Å². The van der Waals surface area contributed by atoms with Crippen LogP contribution in [-0.2, 0) is 6.18 Å². The number of para-hydroxylation sites is 1. The molecule has 8 heteroatoms. The van der Waals surface area contributed by atoms with Crippen molar-refractivity contribution in [1.29, 1.82) is 0 Å². The van der Waals surface area contributed by atoms with Crippen LogP contribution >= 0.6 is 0 Å². The number of ether oxygens (including phenoxy) is 2. The Morgan fingerprint density at radius 2 is 1.85 bits per heavy atom. The third-order valence-corrected chi connectivity index (χ3v) is 3.57. The normalized spacial score (nSPS) is 11.1. The minimum atomic E-state index is -4.47. The van der Waals surface area contributed by atoms with E-state index in [1.54, 1.807) is 0 Å². The maximum absolute atomic E-state index is 13.0. The van der Waals surface area contributed by atoms with Crippen molar-refractivity contribution < 1.29 is 22.6 Å². The Labute approximate surface area is 156 Å². The average Bonchev–Trinajstić information content (AvgIpc) is 2.65. The highest BCUT2D eigenvalue weighted by Crippen LogP contribution is 2.35. The van der Waals surface area contributed by atoms with E-state index in [1.165, 1.54) is 30.5 Å². The third kappa shape index (κ3) is 6.16. The number of benzene rings is 1. The van der Waals surface area contributed by atoms with Gasteiger partial charge in [-0.15, -0.1) is 0 Å². The molecule has 1 heterocycles. The second-order valence-corrected chi connectivity index (χ2v) is 5.62. The van der Waals surface area contributed by atoms with Crippen molar-refractivity contribution in [2.75, 3.05) is 25.1 Å². The van der Waals surface area contributed by atoms with Crippen LogP contribution < -0.4 is 14.8 Å². The van der Waals surface area contributed by atoms with Crippen molar-refractivity contribution in [3.05, 3.63) is 48.4 Å². The Morgan fingerprint density at radius 3 is 2.52 bits per heavy atom. The Morgan fingerprint density at radius 1 is 1.15 bits per heavy atom. The molecule has 0 amide bonds. The lowest BCUT2D eigenvalue weighted by molar-refractivity contribution is -0.139. The first-order valence-electron chi connectivity index (χ1n) is 8.61. The number of rotatable bonds is 10. The van der Waals surface area contributed by atoms with Crippen LogP contribution in [0.1, 0.15) is 31.2 Å². The van der Waals surface area contributed by atoms with E-state index in [1.807, 2.05) is 0 Å². The lowest BCUT2D eigenvalue weighted by Crippen LogP contribution is -2.14. The molecule has 0 aliphatic heterocycles. The maximum Gasteiger partial charge on any atom is 0.419 e. The van der Waals surface area contributed by atoms with Gasteiger partial charge in [0, 0.05) is 6.54 Å². The van der Waals surface area contributed by atoms with Gasteiger partial charge in [0.25, 0.3) is 0 Å². The summed E-state index contributed by atoms with van der Waals surface area (Å²) >= 11 is 0. The van der Waals surface area contributed by atoms with Gasteiger partial charge in [-0.05, 0) is 24.6 Å². The van der Waals surface area contributed by atoms with Crippen LogP contribution in [0.25, 0.3) is 6.08 Å².